The number of halogens is 1. The van der Waals surface area contributed by atoms with Crippen LogP contribution in [0.3, 0.4) is 0 Å². The lowest BCUT2D eigenvalue weighted by atomic mass is 10.0. The van der Waals surface area contributed by atoms with Gasteiger partial charge in [-0.05, 0) is 37.9 Å². The van der Waals surface area contributed by atoms with Crippen LogP contribution < -0.4 is 10.2 Å². The van der Waals surface area contributed by atoms with Gasteiger partial charge in [0.2, 0.25) is 5.28 Å². The molecule has 1 aliphatic heterocycles. The summed E-state index contributed by atoms with van der Waals surface area (Å²) in [6.07, 6.45) is 3.84. The highest BCUT2D eigenvalue weighted by molar-refractivity contribution is 6.28. The molecule has 2 rings (SSSR count). The maximum Gasteiger partial charge on any atom is 0.224 e. The van der Waals surface area contributed by atoms with Gasteiger partial charge in [-0.2, -0.15) is 0 Å². The van der Waals surface area contributed by atoms with Crippen molar-refractivity contribution in [1.29, 1.82) is 0 Å². The van der Waals surface area contributed by atoms with Crippen LogP contribution in [-0.4, -0.2) is 36.1 Å². The summed E-state index contributed by atoms with van der Waals surface area (Å²) in [6, 6.07) is 2.53. The third-order valence-electron chi connectivity index (χ3n) is 3.11. The SMILES string of the molecule is Cc1cc(N(C)C[C@H]2CCCCN2)nc(Cl)n1. The zero-order valence-corrected chi connectivity index (χ0v) is 11.2. The van der Waals surface area contributed by atoms with Gasteiger partial charge in [-0.15, -0.1) is 0 Å². The number of aromatic nitrogens is 2. The molecule has 17 heavy (non-hydrogen) atoms. The van der Waals surface area contributed by atoms with Gasteiger partial charge in [-0.1, -0.05) is 6.42 Å². The smallest absolute Gasteiger partial charge is 0.224 e. The molecule has 2 heterocycles. The molecule has 1 saturated heterocycles. The molecule has 0 radical (unpaired) electrons. The molecule has 0 aromatic carbocycles. The first kappa shape index (κ1) is 12.6. The van der Waals surface area contributed by atoms with Crippen molar-refractivity contribution in [3.8, 4) is 0 Å². The fourth-order valence-electron chi connectivity index (χ4n) is 2.22. The van der Waals surface area contributed by atoms with E-state index in [9.17, 15) is 0 Å². The van der Waals surface area contributed by atoms with E-state index < -0.39 is 0 Å². The number of likely N-dealkylation sites (N-methyl/N-ethyl adjacent to an activating group) is 1. The summed E-state index contributed by atoms with van der Waals surface area (Å²) in [5, 5.41) is 3.85. The van der Waals surface area contributed by atoms with Crippen molar-refractivity contribution < 1.29 is 0 Å². The lowest BCUT2D eigenvalue weighted by Gasteiger charge is -2.28. The quantitative estimate of drug-likeness (QED) is 0.838. The average Bonchev–Trinajstić information content (AvgIpc) is 2.29. The van der Waals surface area contributed by atoms with Crippen molar-refractivity contribution in [2.75, 3.05) is 25.0 Å². The van der Waals surface area contributed by atoms with E-state index in [1.807, 2.05) is 20.0 Å². The molecule has 0 amide bonds. The summed E-state index contributed by atoms with van der Waals surface area (Å²) >= 11 is 5.87. The van der Waals surface area contributed by atoms with Crippen LogP contribution in [0.25, 0.3) is 0 Å². The van der Waals surface area contributed by atoms with Crippen LogP contribution in [0.2, 0.25) is 5.28 Å². The number of aryl methyl sites for hydroxylation is 1. The summed E-state index contributed by atoms with van der Waals surface area (Å²) in [6.45, 7) is 4.03. The van der Waals surface area contributed by atoms with Crippen LogP contribution in [0.4, 0.5) is 5.82 Å². The summed E-state index contributed by atoms with van der Waals surface area (Å²) in [5.41, 5.74) is 0.906. The van der Waals surface area contributed by atoms with Gasteiger partial charge in [0.25, 0.3) is 0 Å². The van der Waals surface area contributed by atoms with Gasteiger partial charge < -0.3 is 10.2 Å². The number of hydrogen-bond acceptors (Lipinski definition) is 4. The van der Waals surface area contributed by atoms with E-state index in [-0.39, 0.29) is 0 Å². The number of anilines is 1. The Morgan fingerprint density at radius 2 is 2.29 bits per heavy atom. The Hall–Kier alpha value is -0.870. The zero-order chi connectivity index (χ0) is 12.3. The number of nitrogens with one attached hydrogen (secondary N) is 1. The van der Waals surface area contributed by atoms with Gasteiger partial charge in [0.15, 0.2) is 0 Å². The highest BCUT2D eigenvalue weighted by atomic mass is 35.5. The third kappa shape index (κ3) is 3.54. The van der Waals surface area contributed by atoms with Crippen molar-refractivity contribution in [3.63, 3.8) is 0 Å². The van der Waals surface area contributed by atoms with Gasteiger partial charge in [-0.25, -0.2) is 9.97 Å². The van der Waals surface area contributed by atoms with E-state index >= 15 is 0 Å². The van der Waals surface area contributed by atoms with E-state index in [4.69, 9.17) is 11.6 Å². The predicted octanol–water partition coefficient (Wildman–Crippen LogP) is 2.02. The topological polar surface area (TPSA) is 41.0 Å². The molecule has 1 atom stereocenters. The van der Waals surface area contributed by atoms with E-state index in [1.54, 1.807) is 0 Å². The number of nitrogens with zero attached hydrogens (tertiary/aromatic N) is 3. The van der Waals surface area contributed by atoms with Crippen molar-refractivity contribution >= 4 is 17.4 Å². The highest BCUT2D eigenvalue weighted by Gasteiger charge is 2.15. The van der Waals surface area contributed by atoms with Crippen LogP contribution >= 0.6 is 11.6 Å². The van der Waals surface area contributed by atoms with Crippen LogP contribution in [0.1, 0.15) is 25.0 Å². The maximum atomic E-state index is 5.87. The average molecular weight is 255 g/mol. The standard InChI is InChI=1S/C12H19ClN4/c1-9-7-11(16-12(13)15-9)17(2)8-10-5-3-4-6-14-10/h7,10,14H,3-6,8H2,1-2H3/t10-/m1/s1. The van der Waals surface area contributed by atoms with E-state index in [2.05, 4.69) is 20.2 Å². The molecule has 94 valence electrons. The Balaban J connectivity index is 2.00. The third-order valence-corrected chi connectivity index (χ3v) is 3.28. The molecule has 0 bridgehead atoms. The first-order chi connectivity index (χ1) is 8.15. The molecule has 4 nitrogen and oxygen atoms in total. The van der Waals surface area contributed by atoms with Gasteiger partial charge >= 0.3 is 0 Å². The fraction of sp³-hybridized carbons (Fsp3) is 0.667. The monoisotopic (exact) mass is 254 g/mol. The summed E-state index contributed by atoms with van der Waals surface area (Å²) in [5.74, 6) is 0.898. The Morgan fingerprint density at radius 1 is 1.47 bits per heavy atom. The lowest BCUT2D eigenvalue weighted by molar-refractivity contribution is 0.403. The number of hydrogen-bond donors (Lipinski definition) is 1. The molecule has 1 aromatic rings. The van der Waals surface area contributed by atoms with Gasteiger partial charge in [-0.3, -0.25) is 0 Å². The molecule has 1 fully saturated rings. The van der Waals surface area contributed by atoms with Gasteiger partial charge in [0.05, 0.1) is 0 Å². The molecule has 1 aliphatic rings. The fourth-order valence-corrected chi connectivity index (χ4v) is 2.44. The summed E-state index contributed by atoms with van der Waals surface area (Å²) < 4.78 is 0. The maximum absolute atomic E-state index is 5.87. The van der Waals surface area contributed by atoms with E-state index in [1.165, 1.54) is 19.3 Å². The minimum atomic E-state index is 0.323. The summed E-state index contributed by atoms with van der Waals surface area (Å²) in [4.78, 5) is 10.5. The largest absolute Gasteiger partial charge is 0.358 e. The van der Waals surface area contributed by atoms with Crippen LogP contribution in [0.15, 0.2) is 6.07 Å². The predicted molar refractivity (Wildman–Crippen MR) is 70.7 cm³/mol. The Labute approximate surface area is 107 Å². The molecule has 0 spiro atoms. The molecule has 1 aromatic heterocycles. The first-order valence-corrected chi connectivity index (χ1v) is 6.48. The van der Waals surface area contributed by atoms with Crippen molar-refractivity contribution in [2.24, 2.45) is 0 Å². The second-order valence-corrected chi connectivity index (χ2v) is 5.00. The molecular formula is C12H19ClN4. The van der Waals surface area contributed by atoms with Crippen LogP contribution in [0, 0.1) is 6.92 Å². The summed E-state index contributed by atoms with van der Waals surface area (Å²) in [7, 11) is 2.05. The van der Waals surface area contributed by atoms with Gasteiger partial charge in [0, 0.05) is 31.4 Å². The zero-order valence-electron chi connectivity index (χ0n) is 10.4. The van der Waals surface area contributed by atoms with Crippen molar-refractivity contribution in [2.45, 2.75) is 32.2 Å². The Morgan fingerprint density at radius 3 is 2.94 bits per heavy atom. The normalized spacial score (nSPS) is 20.3. The van der Waals surface area contributed by atoms with Gasteiger partial charge in [0.1, 0.15) is 5.82 Å². The Bertz CT molecular complexity index is 357. The second-order valence-electron chi connectivity index (χ2n) is 4.66. The lowest BCUT2D eigenvalue weighted by Crippen LogP contribution is -2.42. The molecule has 5 heteroatoms. The number of piperidine rings is 1. The molecule has 0 aliphatic carbocycles. The molecule has 0 saturated carbocycles. The molecule has 0 unspecified atom stereocenters. The van der Waals surface area contributed by atoms with E-state index in [0.717, 1.165) is 24.6 Å². The van der Waals surface area contributed by atoms with E-state index in [0.29, 0.717) is 11.3 Å². The Kier molecular flexibility index (Phi) is 4.18. The van der Waals surface area contributed by atoms with Crippen LogP contribution in [-0.2, 0) is 0 Å². The van der Waals surface area contributed by atoms with Crippen molar-refractivity contribution in [3.05, 3.63) is 17.0 Å². The molecular weight excluding hydrogens is 236 g/mol. The minimum absolute atomic E-state index is 0.323. The second kappa shape index (κ2) is 5.65. The highest BCUT2D eigenvalue weighted by Crippen LogP contribution is 2.15. The molecule has 1 N–H and O–H groups in total. The first-order valence-electron chi connectivity index (χ1n) is 6.11. The van der Waals surface area contributed by atoms with Crippen molar-refractivity contribution in [1.82, 2.24) is 15.3 Å². The van der Waals surface area contributed by atoms with Crippen LogP contribution in [0.5, 0.6) is 0 Å². The minimum Gasteiger partial charge on any atom is -0.358 e. The number of rotatable bonds is 3.